The standard InChI is InChI=1S/C28H39N7/c1-2-10-21(9-1)30-26-15-7-14-25-27(23-16-17-29-28(32-23)31-22-11-3-4-12-22)24(33-35(25)26)13-8-20-34-18-5-6-19-34/h7,14-17,21-22,30H,1-6,8-13,18-20H2,(H,29,31,32). The van der Waals surface area contributed by atoms with Crippen LogP contribution in [0.2, 0.25) is 0 Å². The summed E-state index contributed by atoms with van der Waals surface area (Å²) in [6, 6.07) is 9.62. The molecule has 7 heteroatoms. The molecule has 2 aliphatic carbocycles. The van der Waals surface area contributed by atoms with E-state index < -0.39 is 0 Å². The van der Waals surface area contributed by atoms with Gasteiger partial charge in [-0.25, -0.2) is 14.5 Å². The third-order valence-electron chi connectivity index (χ3n) is 8.12. The zero-order valence-corrected chi connectivity index (χ0v) is 20.9. The van der Waals surface area contributed by atoms with Gasteiger partial charge in [0, 0.05) is 23.8 Å². The first-order valence-corrected chi connectivity index (χ1v) is 13.9. The Labute approximate surface area is 208 Å². The highest BCUT2D eigenvalue weighted by molar-refractivity contribution is 5.82. The first-order valence-electron chi connectivity index (χ1n) is 13.9. The van der Waals surface area contributed by atoms with Crippen LogP contribution in [0.5, 0.6) is 0 Å². The molecule has 3 aromatic rings. The summed E-state index contributed by atoms with van der Waals surface area (Å²) >= 11 is 0. The molecule has 1 saturated heterocycles. The van der Waals surface area contributed by atoms with Crippen molar-refractivity contribution < 1.29 is 0 Å². The molecule has 3 aromatic heterocycles. The molecule has 35 heavy (non-hydrogen) atoms. The molecule has 0 bridgehead atoms. The Morgan fingerprint density at radius 3 is 2.37 bits per heavy atom. The number of rotatable bonds is 9. The van der Waals surface area contributed by atoms with E-state index in [4.69, 9.17) is 10.1 Å². The third kappa shape index (κ3) is 5.15. The van der Waals surface area contributed by atoms with Crippen molar-refractivity contribution in [2.24, 2.45) is 0 Å². The van der Waals surface area contributed by atoms with Crippen LogP contribution in [0.1, 0.15) is 76.3 Å². The molecular weight excluding hydrogens is 434 g/mol. The highest BCUT2D eigenvalue weighted by atomic mass is 15.3. The lowest BCUT2D eigenvalue weighted by Gasteiger charge is -2.14. The zero-order valence-electron chi connectivity index (χ0n) is 20.9. The second-order valence-corrected chi connectivity index (χ2v) is 10.7. The van der Waals surface area contributed by atoms with E-state index in [9.17, 15) is 0 Å². The number of nitrogens with zero attached hydrogens (tertiary/aromatic N) is 5. The van der Waals surface area contributed by atoms with Gasteiger partial charge in [0.25, 0.3) is 0 Å². The van der Waals surface area contributed by atoms with Crippen molar-refractivity contribution in [3.05, 3.63) is 36.2 Å². The summed E-state index contributed by atoms with van der Waals surface area (Å²) in [5.41, 5.74) is 4.42. The molecule has 0 aromatic carbocycles. The number of hydrogen-bond acceptors (Lipinski definition) is 6. The van der Waals surface area contributed by atoms with E-state index in [1.807, 2.05) is 6.20 Å². The molecule has 0 spiro atoms. The minimum atomic E-state index is 0.497. The van der Waals surface area contributed by atoms with Crippen LogP contribution in [0, 0.1) is 0 Å². The van der Waals surface area contributed by atoms with Crippen LogP contribution < -0.4 is 10.6 Å². The fraction of sp³-hybridized carbons (Fsp3) is 0.607. The predicted molar refractivity (Wildman–Crippen MR) is 142 cm³/mol. The van der Waals surface area contributed by atoms with Crippen LogP contribution in [-0.2, 0) is 6.42 Å². The van der Waals surface area contributed by atoms with Crippen LogP contribution in [0.25, 0.3) is 16.8 Å². The summed E-state index contributed by atoms with van der Waals surface area (Å²) in [5.74, 6) is 1.84. The van der Waals surface area contributed by atoms with E-state index in [1.165, 1.54) is 82.9 Å². The maximum absolute atomic E-state index is 5.18. The lowest BCUT2D eigenvalue weighted by atomic mass is 10.1. The first kappa shape index (κ1) is 22.8. The molecule has 0 amide bonds. The summed E-state index contributed by atoms with van der Waals surface area (Å²) in [6.07, 6.45) is 16.8. The maximum Gasteiger partial charge on any atom is 0.223 e. The Morgan fingerprint density at radius 1 is 0.857 bits per heavy atom. The summed E-state index contributed by atoms with van der Waals surface area (Å²) < 4.78 is 2.13. The minimum Gasteiger partial charge on any atom is -0.367 e. The van der Waals surface area contributed by atoms with Crippen LogP contribution in [-0.4, -0.2) is 56.2 Å². The fourth-order valence-electron chi connectivity index (χ4n) is 6.26. The van der Waals surface area contributed by atoms with Gasteiger partial charge in [-0.1, -0.05) is 31.7 Å². The van der Waals surface area contributed by atoms with Crippen molar-refractivity contribution in [2.75, 3.05) is 30.3 Å². The summed E-state index contributed by atoms with van der Waals surface area (Å²) in [7, 11) is 0. The normalized spacial score (nSPS) is 19.8. The van der Waals surface area contributed by atoms with E-state index >= 15 is 0 Å². The molecule has 3 fully saturated rings. The van der Waals surface area contributed by atoms with Gasteiger partial charge in [-0.3, -0.25) is 0 Å². The first-order chi connectivity index (χ1) is 17.3. The quantitative estimate of drug-likeness (QED) is 0.426. The van der Waals surface area contributed by atoms with E-state index in [1.54, 1.807) is 0 Å². The summed E-state index contributed by atoms with van der Waals surface area (Å²) in [6.45, 7) is 3.64. The second-order valence-electron chi connectivity index (χ2n) is 10.7. The number of fused-ring (bicyclic) bond motifs is 1. The zero-order chi connectivity index (χ0) is 23.5. The second kappa shape index (κ2) is 10.5. The maximum atomic E-state index is 5.18. The van der Waals surface area contributed by atoms with Crippen molar-refractivity contribution in [1.29, 1.82) is 0 Å². The number of aromatic nitrogens is 4. The number of nitrogens with one attached hydrogen (secondary N) is 2. The Hall–Kier alpha value is -2.67. The SMILES string of the molecule is c1cc(NC2CCCC2)n2nc(CCCN3CCCC3)c(-c3ccnc(NC4CCCC4)n3)c2c1. The molecule has 0 unspecified atom stereocenters. The van der Waals surface area contributed by atoms with Crippen molar-refractivity contribution in [1.82, 2.24) is 24.5 Å². The molecule has 7 nitrogen and oxygen atoms in total. The van der Waals surface area contributed by atoms with Crippen LogP contribution in [0.3, 0.4) is 0 Å². The number of hydrogen-bond donors (Lipinski definition) is 2. The van der Waals surface area contributed by atoms with Gasteiger partial charge >= 0.3 is 0 Å². The van der Waals surface area contributed by atoms with Crippen LogP contribution in [0.15, 0.2) is 30.5 Å². The number of pyridine rings is 1. The topological polar surface area (TPSA) is 70.4 Å². The molecule has 186 valence electrons. The number of likely N-dealkylation sites (tertiary alicyclic amines) is 1. The average molecular weight is 474 g/mol. The van der Waals surface area contributed by atoms with Crippen LogP contribution >= 0.6 is 0 Å². The highest BCUT2D eigenvalue weighted by Crippen LogP contribution is 2.32. The van der Waals surface area contributed by atoms with Gasteiger partial charge in [0.15, 0.2) is 0 Å². The Morgan fingerprint density at radius 2 is 1.60 bits per heavy atom. The largest absolute Gasteiger partial charge is 0.367 e. The van der Waals surface area contributed by atoms with Crippen LogP contribution in [0.4, 0.5) is 11.8 Å². The fourth-order valence-corrected chi connectivity index (χ4v) is 6.26. The van der Waals surface area contributed by atoms with E-state index in [0.29, 0.717) is 12.1 Å². The molecule has 2 saturated carbocycles. The minimum absolute atomic E-state index is 0.497. The molecule has 2 N–H and O–H groups in total. The van der Waals surface area contributed by atoms with Gasteiger partial charge in [0.05, 0.1) is 16.9 Å². The average Bonchev–Trinajstić information content (AvgIpc) is 3.68. The third-order valence-corrected chi connectivity index (χ3v) is 8.12. The number of aryl methyl sites for hydroxylation is 1. The van der Waals surface area contributed by atoms with Crippen molar-refractivity contribution in [3.63, 3.8) is 0 Å². The Balaban J connectivity index is 1.32. The van der Waals surface area contributed by atoms with Gasteiger partial charge < -0.3 is 15.5 Å². The summed E-state index contributed by atoms with van der Waals surface area (Å²) in [4.78, 5) is 12.2. The monoisotopic (exact) mass is 473 g/mol. The summed E-state index contributed by atoms with van der Waals surface area (Å²) in [5, 5.41) is 12.5. The van der Waals surface area contributed by atoms with Crippen molar-refractivity contribution in [2.45, 2.75) is 89.1 Å². The predicted octanol–water partition coefficient (Wildman–Crippen LogP) is 5.53. The Bertz CT molecular complexity index is 1120. The van der Waals surface area contributed by atoms with E-state index in [2.05, 4.69) is 49.3 Å². The molecule has 6 rings (SSSR count). The van der Waals surface area contributed by atoms with Gasteiger partial charge in [-0.2, -0.15) is 5.10 Å². The lowest BCUT2D eigenvalue weighted by molar-refractivity contribution is 0.333. The highest BCUT2D eigenvalue weighted by Gasteiger charge is 2.22. The molecule has 3 aliphatic rings. The molecule has 1 aliphatic heterocycles. The Kier molecular flexibility index (Phi) is 6.85. The number of anilines is 2. The molecular formula is C28H39N7. The lowest BCUT2D eigenvalue weighted by Crippen LogP contribution is -2.20. The van der Waals surface area contributed by atoms with Crippen molar-refractivity contribution >= 4 is 17.3 Å². The van der Waals surface area contributed by atoms with Gasteiger partial charge in [0.2, 0.25) is 5.95 Å². The van der Waals surface area contributed by atoms with Crippen molar-refractivity contribution in [3.8, 4) is 11.3 Å². The van der Waals surface area contributed by atoms with Gasteiger partial charge in [-0.05, 0) is 89.2 Å². The molecule has 0 atom stereocenters. The molecule has 0 radical (unpaired) electrons. The smallest absolute Gasteiger partial charge is 0.223 e. The van der Waals surface area contributed by atoms with Gasteiger partial charge in [-0.15, -0.1) is 0 Å². The van der Waals surface area contributed by atoms with Gasteiger partial charge in [0.1, 0.15) is 5.82 Å². The van der Waals surface area contributed by atoms with E-state index in [-0.39, 0.29) is 0 Å². The molecule has 4 heterocycles. The van der Waals surface area contributed by atoms with E-state index in [0.717, 1.165) is 48.1 Å².